The summed E-state index contributed by atoms with van der Waals surface area (Å²) in [6.07, 6.45) is 11.9. The fourth-order valence-corrected chi connectivity index (χ4v) is 7.00. The standard InChI is InChI=1S/C30H33BrN2O3S/c1-35-25-17-21(16-24(31)28(25)36-19-20-10-4-2-5-11-20)18-32-30-27(23-14-8-9-15-26(23)37-30)29(34)33-22-12-6-3-7-13-22/h2,4-5,10-11,16-18,22H,3,6-9,12-15,19H2,1H3,(H,33,34). The first-order chi connectivity index (χ1) is 18.1. The number of aryl methyl sites for hydroxylation is 1. The van der Waals surface area contributed by atoms with Crippen LogP contribution >= 0.6 is 27.3 Å². The zero-order chi connectivity index (χ0) is 25.6. The molecule has 0 saturated heterocycles. The van der Waals surface area contributed by atoms with Crippen LogP contribution in [0.2, 0.25) is 0 Å². The van der Waals surface area contributed by atoms with Gasteiger partial charge in [0.25, 0.3) is 5.91 Å². The Morgan fingerprint density at radius 1 is 1.11 bits per heavy atom. The molecule has 0 radical (unpaired) electrons. The van der Waals surface area contributed by atoms with E-state index in [1.807, 2.05) is 48.7 Å². The predicted octanol–water partition coefficient (Wildman–Crippen LogP) is 7.79. The Morgan fingerprint density at radius 2 is 1.89 bits per heavy atom. The second-order valence-corrected chi connectivity index (χ2v) is 11.7. The van der Waals surface area contributed by atoms with Gasteiger partial charge in [-0.1, -0.05) is 49.6 Å². The van der Waals surface area contributed by atoms with Crippen molar-refractivity contribution in [1.29, 1.82) is 0 Å². The summed E-state index contributed by atoms with van der Waals surface area (Å²) >= 11 is 5.32. The van der Waals surface area contributed by atoms with Crippen LogP contribution in [0.5, 0.6) is 11.5 Å². The summed E-state index contributed by atoms with van der Waals surface area (Å²) in [6, 6.07) is 14.2. The number of halogens is 1. The molecule has 1 fully saturated rings. The Morgan fingerprint density at radius 3 is 2.68 bits per heavy atom. The van der Waals surface area contributed by atoms with Crippen LogP contribution in [-0.4, -0.2) is 25.3 Å². The normalized spacial score (nSPS) is 15.9. The number of ether oxygens (including phenoxy) is 2. The van der Waals surface area contributed by atoms with E-state index in [4.69, 9.17) is 14.5 Å². The summed E-state index contributed by atoms with van der Waals surface area (Å²) in [7, 11) is 1.64. The zero-order valence-electron chi connectivity index (χ0n) is 21.2. The van der Waals surface area contributed by atoms with Crippen LogP contribution in [0.4, 0.5) is 5.00 Å². The van der Waals surface area contributed by atoms with Gasteiger partial charge in [0.2, 0.25) is 0 Å². The number of amides is 1. The van der Waals surface area contributed by atoms with E-state index in [9.17, 15) is 4.79 Å². The first-order valence-electron chi connectivity index (χ1n) is 13.2. The van der Waals surface area contributed by atoms with Gasteiger partial charge in [-0.05, 0) is 83.3 Å². The Bertz CT molecular complexity index is 1270. The Labute approximate surface area is 231 Å². The van der Waals surface area contributed by atoms with Gasteiger partial charge in [-0.25, -0.2) is 4.99 Å². The van der Waals surface area contributed by atoms with Gasteiger partial charge in [0.05, 0.1) is 17.1 Å². The highest BCUT2D eigenvalue weighted by Gasteiger charge is 2.27. The van der Waals surface area contributed by atoms with Gasteiger partial charge in [-0.2, -0.15) is 0 Å². The largest absolute Gasteiger partial charge is 0.493 e. The maximum atomic E-state index is 13.4. The zero-order valence-corrected chi connectivity index (χ0v) is 23.6. The fourth-order valence-electron chi connectivity index (χ4n) is 5.20. The molecule has 2 aromatic carbocycles. The number of nitrogens with one attached hydrogen (secondary N) is 1. The molecule has 7 heteroatoms. The van der Waals surface area contributed by atoms with Crippen LogP contribution in [-0.2, 0) is 19.4 Å². The molecular formula is C30H33BrN2O3S. The Hall–Kier alpha value is -2.64. The molecule has 1 aromatic heterocycles. The number of carbonyl (C=O) groups is 1. The van der Waals surface area contributed by atoms with Crippen molar-refractivity contribution in [3.63, 3.8) is 0 Å². The molecule has 194 valence electrons. The summed E-state index contributed by atoms with van der Waals surface area (Å²) in [5.41, 5.74) is 3.96. The van der Waals surface area contributed by atoms with Crippen molar-refractivity contribution in [1.82, 2.24) is 5.32 Å². The number of carbonyl (C=O) groups excluding carboxylic acids is 1. The lowest BCUT2D eigenvalue weighted by Crippen LogP contribution is -2.36. The molecule has 1 amide bonds. The average molecular weight is 582 g/mol. The average Bonchev–Trinajstić information content (AvgIpc) is 3.30. The second kappa shape index (κ2) is 12.3. The van der Waals surface area contributed by atoms with Gasteiger partial charge in [0.15, 0.2) is 11.5 Å². The molecule has 1 N–H and O–H groups in total. The van der Waals surface area contributed by atoms with E-state index in [-0.39, 0.29) is 11.9 Å². The topological polar surface area (TPSA) is 59.9 Å². The summed E-state index contributed by atoms with van der Waals surface area (Å²) in [5.74, 6) is 1.33. The van der Waals surface area contributed by atoms with E-state index in [0.717, 1.165) is 58.3 Å². The SMILES string of the molecule is COc1cc(C=Nc2sc3c(c2C(=O)NC2CCCCC2)CCCC3)cc(Br)c1OCc1ccccc1. The second-order valence-electron chi connectivity index (χ2n) is 9.77. The molecule has 5 nitrogen and oxygen atoms in total. The van der Waals surface area contributed by atoms with Crippen molar-refractivity contribution < 1.29 is 14.3 Å². The lowest BCUT2D eigenvalue weighted by Gasteiger charge is -2.23. The van der Waals surface area contributed by atoms with Crippen LogP contribution in [0.1, 0.15) is 76.9 Å². The molecular weight excluding hydrogens is 548 g/mol. The Balaban J connectivity index is 1.38. The number of benzene rings is 2. The van der Waals surface area contributed by atoms with Crippen molar-refractivity contribution >= 4 is 44.4 Å². The number of rotatable bonds is 8. The Kier molecular flexibility index (Phi) is 8.62. The molecule has 2 aliphatic carbocycles. The summed E-state index contributed by atoms with van der Waals surface area (Å²) in [4.78, 5) is 19.6. The summed E-state index contributed by atoms with van der Waals surface area (Å²) in [6.45, 7) is 0.448. The maximum absolute atomic E-state index is 13.4. The third-order valence-electron chi connectivity index (χ3n) is 7.13. The van der Waals surface area contributed by atoms with Crippen LogP contribution < -0.4 is 14.8 Å². The number of aliphatic imine (C=N–C) groups is 1. The molecule has 1 heterocycles. The molecule has 2 aliphatic rings. The van der Waals surface area contributed by atoms with Crippen molar-refractivity contribution in [2.24, 2.45) is 4.99 Å². The van der Waals surface area contributed by atoms with Crippen LogP contribution in [0, 0.1) is 0 Å². The number of fused-ring (bicyclic) bond motifs is 1. The molecule has 0 aliphatic heterocycles. The van der Waals surface area contributed by atoms with Gasteiger partial charge in [-0.15, -0.1) is 11.3 Å². The van der Waals surface area contributed by atoms with E-state index in [1.165, 1.54) is 36.1 Å². The van der Waals surface area contributed by atoms with E-state index < -0.39 is 0 Å². The first-order valence-corrected chi connectivity index (χ1v) is 14.8. The highest BCUT2D eigenvalue weighted by molar-refractivity contribution is 9.10. The molecule has 5 rings (SSSR count). The van der Waals surface area contributed by atoms with Gasteiger partial charge in [0, 0.05) is 17.1 Å². The predicted molar refractivity (Wildman–Crippen MR) is 154 cm³/mol. The van der Waals surface area contributed by atoms with Crippen LogP contribution in [0.25, 0.3) is 0 Å². The van der Waals surface area contributed by atoms with Crippen molar-refractivity contribution in [3.05, 3.63) is 74.1 Å². The highest BCUT2D eigenvalue weighted by Crippen LogP contribution is 2.41. The summed E-state index contributed by atoms with van der Waals surface area (Å²) < 4.78 is 12.5. The summed E-state index contributed by atoms with van der Waals surface area (Å²) in [5, 5.41) is 4.13. The van der Waals surface area contributed by atoms with Crippen LogP contribution in [0.15, 0.2) is 51.9 Å². The van der Waals surface area contributed by atoms with E-state index in [2.05, 4.69) is 21.2 Å². The highest BCUT2D eigenvalue weighted by atomic mass is 79.9. The van der Waals surface area contributed by atoms with Gasteiger partial charge in [-0.3, -0.25) is 4.79 Å². The molecule has 0 spiro atoms. The molecule has 0 unspecified atom stereocenters. The minimum Gasteiger partial charge on any atom is -0.493 e. The number of methoxy groups -OCH3 is 1. The first kappa shape index (κ1) is 26.0. The third-order valence-corrected chi connectivity index (χ3v) is 8.92. The van der Waals surface area contributed by atoms with Gasteiger partial charge >= 0.3 is 0 Å². The van der Waals surface area contributed by atoms with Gasteiger partial charge in [0.1, 0.15) is 11.6 Å². The maximum Gasteiger partial charge on any atom is 0.254 e. The molecule has 1 saturated carbocycles. The van der Waals surface area contributed by atoms with Crippen molar-refractivity contribution in [2.45, 2.75) is 70.4 Å². The number of thiophene rings is 1. The minimum atomic E-state index is 0.0434. The third kappa shape index (κ3) is 6.27. The minimum absolute atomic E-state index is 0.0434. The molecule has 0 bridgehead atoms. The van der Waals surface area contributed by atoms with E-state index >= 15 is 0 Å². The van der Waals surface area contributed by atoms with Crippen molar-refractivity contribution in [3.8, 4) is 11.5 Å². The number of nitrogens with zero attached hydrogens (tertiary/aromatic N) is 1. The quantitative estimate of drug-likeness (QED) is 0.276. The monoisotopic (exact) mass is 580 g/mol. The van der Waals surface area contributed by atoms with Crippen LogP contribution in [0.3, 0.4) is 0 Å². The lowest BCUT2D eigenvalue weighted by molar-refractivity contribution is 0.0927. The lowest BCUT2D eigenvalue weighted by atomic mass is 9.93. The molecule has 37 heavy (non-hydrogen) atoms. The smallest absolute Gasteiger partial charge is 0.254 e. The van der Waals surface area contributed by atoms with Crippen molar-refractivity contribution in [2.75, 3.05) is 7.11 Å². The molecule has 3 aromatic rings. The molecule has 0 atom stereocenters. The fraction of sp³-hybridized carbons (Fsp3) is 0.400. The van der Waals surface area contributed by atoms with Gasteiger partial charge < -0.3 is 14.8 Å². The number of hydrogen-bond acceptors (Lipinski definition) is 5. The number of hydrogen-bond donors (Lipinski definition) is 1. The van der Waals surface area contributed by atoms with E-state index in [1.54, 1.807) is 18.4 Å². The van der Waals surface area contributed by atoms with E-state index in [0.29, 0.717) is 18.1 Å².